The van der Waals surface area contributed by atoms with E-state index in [1.807, 2.05) is 18.2 Å². The maximum Gasteiger partial charge on any atom is 0.125 e. The number of benzene rings is 1. The first-order chi connectivity index (χ1) is 10.1. The van der Waals surface area contributed by atoms with Crippen LogP contribution >= 0.6 is 0 Å². The first-order valence-electron chi connectivity index (χ1n) is 8.56. The minimum atomic E-state index is -0.473. The summed E-state index contributed by atoms with van der Waals surface area (Å²) >= 11 is 0. The summed E-state index contributed by atoms with van der Waals surface area (Å²) < 4.78 is 5.86. The summed E-state index contributed by atoms with van der Waals surface area (Å²) in [7, 11) is 0. The summed E-state index contributed by atoms with van der Waals surface area (Å²) in [5.74, 6) is 0.841. The maximum atomic E-state index is 9.76. The van der Waals surface area contributed by atoms with Crippen molar-refractivity contribution in [3.63, 3.8) is 0 Å². The molecule has 0 aromatic heterocycles. The molecule has 0 spiro atoms. The van der Waals surface area contributed by atoms with Gasteiger partial charge in [-0.05, 0) is 31.9 Å². The lowest BCUT2D eigenvalue weighted by Gasteiger charge is -2.14. The van der Waals surface area contributed by atoms with Gasteiger partial charge in [0.2, 0.25) is 0 Å². The maximum absolute atomic E-state index is 9.76. The Kier molecular flexibility index (Phi) is 9.16. The second kappa shape index (κ2) is 10.7. The molecule has 0 unspecified atom stereocenters. The first-order valence-corrected chi connectivity index (χ1v) is 8.56. The summed E-state index contributed by atoms with van der Waals surface area (Å²) in [6.45, 7) is 6.84. The van der Waals surface area contributed by atoms with Crippen LogP contribution in [0.4, 0.5) is 0 Å². The van der Waals surface area contributed by atoms with Gasteiger partial charge >= 0.3 is 0 Å². The van der Waals surface area contributed by atoms with Crippen LogP contribution in [0, 0.1) is 6.92 Å². The van der Waals surface area contributed by atoms with E-state index in [-0.39, 0.29) is 0 Å². The molecule has 0 saturated carbocycles. The molecule has 0 saturated heterocycles. The average molecular weight is 292 g/mol. The molecule has 0 aliphatic carbocycles. The summed E-state index contributed by atoms with van der Waals surface area (Å²) in [4.78, 5) is 0. The summed E-state index contributed by atoms with van der Waals surface area (Å²) in [5.41, 5.74) is 2.06. The fourth-order valence-electron chi connectivity index (χ4n) is 2.53. The van der Waals surface area contributed by atoms with Crippen molar-refractivity contribution in [2.45, 2.75) is 78.2 Å². The molecule has 1 atom stereocenters. The number of rotatable bonds is 11. The van der Waals surface area contributed by atoms with Gasteiger partial charge in [0.1, 0.15) is 5.75 Å². The highest BCUT2D eigenvalue weighted by molar-refractivity contribution is 5.38. The standard InChI is InChI=1S/C19H32O2/c1-4-5-6-7-8-9-10-11-14-21-19-15-16(2)12-13-18(19)17(3)20/h12-13,15,17,20H,4-11,14H2,1-3H3/t17-/m0/s1. The number of unbranched alkanes of at least 4 members (excludes halogenated alkanes) is 7. The van der Waals surface area contributed by atoms with E-state index in [1.54, 1.807) is 6.92 Å². The molecule has 2 nitrogen and oxygen atoms in total. The second-order valence-electron chi connectivity index (χ2n) is 6.04. The Bertz CT molecular complexity index is 385. The largest absolute Gasteiger partial charge is 0.493 e. The summed E-state index contributed by atoms with van der Waals surface area (Å²) in [5, 5.41) is 9.76. The van der Waals surface area contributed by atoms with Crippen LogP contribution in [0.1, 0.15) is 82.4 Å². The van der Waals surface area contributed by atoms with Crippen LogP contribution in [-0.4, -0.2) is 11.7 Å². The minimum absolute atomic E-state index is 0.473. The molecule has 0 amide bonds. The van der Waals surface area contributed by atoms with Gasteiger partial charge in [-0.25, -0.2) is 0 Å². The van der Waals surface area contributed by atoms with Gasteiger partial charge in [0.25, 0.3) is 0 Å². The molecule has 120 valence electrons. The van der Waals surface area contributed by atoms with E-state index in [0.717, 1.165) is 24.3 Å². The van der Waals surface area contributed by atoms with Crippen molar-refractivity contribution in [2.75, 3.05) is 6.61 Å². The average Bonchev–Trinajstić information content (AvgIpc) is 2.45. The quantitative estimate of drug-likeness (QED) is 0.540. The third kappa shape index (κ3) is 7.52. The van der Waals surface area contributed by atoms with E-state index in [2.05, 4.69) is 13.8 Å². The molecule has 0 bridgehead atoms. The van der Waals surface area contributed by atoms with Crippen molar-refractivity contribution >= 4 is 0 Å². The Hall–Kier alpha value is -1.02. The highest BCUT2D eigenvalue weighted by Crippen LogP contribution is 2.26. The van der Waals surface area contributed by atoms with E-state index in [4.69, 9.17) is 4.74 Å². The lowest BCUT2D eigenvalue weighted by molar-refractivity contribution is 0.190. The lowest BCUT2D eigenvalue weighted by atomic mass is 10.1. The van der Waals surface area contributed by atoms with E-state index in [0.29, 0.717) is 0 Å². The van der Waals surface area contributed by atoms with E-state index in [1.165, 1.54) is 50.5 Å². The second-order valence-corrected chi connectivity index (χ2v) is 6.04. The smallest absolute Gasteiger partial charge is 0.125 e. The fraction of sp³-hybridized carbons (Fsp3) is 0.684. The molecule has 2 heteroatoms. The van der Waals surface area contributed by atoms with Crippen LogP contribution in [0.3, 0.4) is 0 Å². The molecule has 21 heavy (non-hydrogen) atoms. The van der Waals surface area contributed by atoms with Crippen molar-refractivity contribution in [1.82, 2.24) is 0 Å². The predicted octanol–water partition coefficient (Wildman–Crippen LogP) is 5.57. The van der Waals surface area contributed by atoms with Crippen molar-refractivity contribution in [3.05, 3.63) is 29.3 Å². The zero-order valence-electron chi connectivity index (χ0n) is 14.0. The Labute approximate surface area is 130 Å². The molecule has 0 aliphatic rings. The van der Waals surface area contributed by atoms with Gasteiger partial charge in [-0.15, -0.1) is 0 Å². The molecule has 1 N–H and O–H groups in total. The fourth-order valence-corrected chi connectivity index (χ4v) is 2.53. The number of aliphatic hydroxyl groups excluding tert-OH is 1. The number of aliphatic hydroxyl groups is 1. The SMILES string of the molecule is CCCCCCCCCCOc1cc(C)ccc1[C@H](C)O. The highest BCUT2D eigenvalue weighted by Gasteiger charge is 2.09. The molecule has 0 fully saturated rings. The van der Waals surface area contributed by atoms with Crippen LogP contribution in [0.25, 0.3) is 0 Å². The lowest BCUT2D eigenvalue weighted by Crippen LogP contribution is -2.02. The van der Waals surface area contributed by atoms with Crippen molar-refractivity contribution in [3.8, 4) is 5.75 Å². The van der Waals surface area contributed by atoms with Gasteiger partial charge in [0, 0.05) is 5.56 Å². The van der Waals surface area contributed by atoms with Gasteiger partial charge in [-0.1, -0.05) is 64.0 Å². The van der Waals surface area contributed by atoms with Crippen molar-refractivity contribution in [2.24, 2.45) is 0 Å². The molecule has 0 heterocycles. The number of hydrogen-bond acceptors (Lipinski definition) is 2. The third-order valence-electron chi connectivity index (χ3n) is 3.87. The summed E-state index contributed by atoms with van der Waals surface area (Å²) in [6.07, 6.45) is 9.97. The monoisotopic (exact) mass is 292 g/mol. The third-order valence-corrected chi connectivity index (χ3v) is 3.87. The molecule has 1 rings (SSSR count). The molecular formula is C19H32O2. The zero-order valence-corrected chi connectivity index (χ0v) is 14.0. The van der Waals surface area contributed by atoms with Crippen LogP contribution < -0.4 is 4.74 Å². The predicted molar refractivity (Wildman–Crippen MR) is 89.9 cm³/mol. The molecule has 0 radical (unpaired) electrons. The van der Waals surface area contributed by atoms with Crippen molar-refractivity contribution in [1.29, 1.82) is 0 Å². The van der Waals surface area contributed by atoms with Gasteiger partial charge in [0.05, 0.1) is 12.7 Å². The Morgan fingerprint density at radius 1 is 1.00 bits per heavy atom. The van der Waals surface area contributed by atoms with Gasteiger partial charge in [0.15, 0.2) is 0 Å². The molecule has 1 aromatic carbocycles. The van der Waals surface area contributed by atoms with Gasteiger partial charge in [-0.3, -0.25) is 0 Å². The number of ether oxygens (including phenoxy) is 1. The Balaban J connectivity index is 2.19. The molecular weight excluding hydrogens is 260 g/mol. The van der Waals surface area contributed by atoms with Crippen LogP contribution in [0.5, 0.6) is 5.75 Å². The van der Waals surface area contributed by atoms with Crippen molar-refractivity contribution < 1.29 is 9.84 Å². The number of aryl methyl sites for hydroxylation is 1. The van der Waals surface area contributed by atoms with Crippen LogP contribution in [0.2, 0.25) is 0 Å². The van der Waals surface area contributed by atoms with E-state index >= 15 is 0 Å². The Morgan fingerprint density at radius 2 is 1.62 bits per heavy atom. The van der Waals surface area contributed by atoms with Gasteiger partial charge in [-0.2, -0.15) is 0 Å². The highest BCUT2D eigenvalue weighted by atomic mass is 16.5. The first kappa shape index (κ1) is 18.0. The Morgan fingerprint density at radius 3 is 2.24 bits per heavy atom. The molecule has 0 aliphatic heterocycles. The normalized spacial score (nSPS) is 12.4. The summed E-state index contributed by atoms with van der Waals surface area (Å²) in [6, 6.07) is 6.00. The van der Waals surface area contributed by atoms with Crippen LogP contribution in [-0.2, 0) is 0 Å². The van der Waals surface area contributed by atoms with E-state index in [9.17, 15) is 5.11 Å². The van der Waals surface area contributed by atoms with Gasteiger partial charge < -0.3 is 9.84 Å². The molecule has 1 aromatic rings. The minimum Gasteiger partial charge on any atom is -0.493 e. The topological polar surface area (TPSA) is 29.5 Å². The van der Waals surface area contributed by atoms with E-state index < -0.39 is 6.10 Å². The number of hydrogen-bond donors (Lipinski definition) is 1. The zero-order chi connectivity index (χ0) is 15.5. The van der Waals surface area contributed by atoms with Crippen LogP contribution in [0.15, 0.2) is 18.2 Å².